The number of benzene rings is 1. The van der Waals surface area contributed by atoms with Crippen molar-refractivity contribution in [2.24, 2.45) is 4.99 Å². The van der Waals surface area contributed by atoms with Gasteiger partial charge in [0.2, 0.25) is 0 Å². The van der Waals surface area contributed by atoms with Crippen molar-refractivity contribution < 1.29 is 8.78 Å². The molecule has 80 valence electrons. The van der Waals surface area contributed by atoms with Crippen LogP contribution in [-0.4, -0.2) is 31.4 Å². The number of likely N-dealkylation sites (N-methyl/N-ethyl adjacent to an activating group) is 1. The minimum atomic E-state index is -0.787. The van der Waals surface area contributed by atoms with E-state index in [9.17, 15) is 8.78 Å². The minimum absolute atomic E-state index is 0.0595. The van der Waals surface area contributed by atoms with Gasteiger partial charge in [-0.2, -0.15) is 0 Å². The van der Waals surface area contributed by atoms with Crippen LogP contribution in [0.25, 0.3) is 0 Å². The predicted octanol–water partition coefficient (Wildman–Crippen LogP) is 2.02. The Balaban J connectivity index is 2.30. The lowest BCUT2D eigenvalue weighted by Crippen LogP contribution is -2.29. The molecule has 1 heterocycles. The van der Waals surface area contributed by atoms with Crippen LogP contribution < -0.4 is 0 Å². The molecule has 1 aliphatic rings. The first-order chi connectivity index (χ1) is 7.18. The second-order valence-corrected chi connectivity index (χ2v) is 3.76. The van der Waals surface area contributed by atoms with Gasteiger partial charge in [-0.05, 0) is 11.6 Å². The number of hydrogen-bond acceptors (Lipinski definition) is 2. The van der Waals surface area contributed by atoms with Crippen LogP contribution in [0.2, 0.25) is 0 Å². The van der Waals surface area contributed by atoms with E-state index >= 15 is 0 Å². The van der Waals surface area contributed by atoms with Crippen molar-refractivity contribution in [2.45, 2.75) is 5.92 Å². The normalized spacial score (nSPS) is 20.7. The topological polar surface area (TPSA) is 15.6 Å². The maximum Gasteiger partial charge on any atom is 0.162 e. The summed E-state index contributed by atoms with van der Waals surface area (Å²) in [6.07, 6.45) is 1.72. The third-order valence-corrected chi connectivity index (χ3v) is 2.53. The van der Waals surface area contributed by atoms with Crippen molar-refractivity contribution in [1.29, 1.82) is 0 Å². The molecule has 0 amide bonds. The van der Waals surface area contributed by atoms with Crippen molar-refractivity contribution >= 4 is 6.34 Å². The SMILES string of the molecule is CN1C=NCC(c2cccc(F)c2F)C1. The zero-order valence-electron chi connectivity index (χ0n) is 8.45. The van der Waals surface area contributed by atoms with Crippen LogP contribution in [0.1, 0.15) is 11.5 Å². The van der Waals surface area contributed by atoms with Crippen molar-refractivity contribution in [3.05, 3.63) is 35.4 Å². The highest BCUT2D eigenvalue weighted by atomic mass is 19.2. The Kier molecular flexibility index (Phi) is 2.66. The second kappa shape index (κ2) is 3.96. The van der Waals surface area contributed by atoms with Crippen LogP contribution in [0, 0.1) is 11.6 Å². The number of halogens is 2. The van der Waals surface area contributed by atoms with Crippen molar-refractivity contribution in [2.75, 3.05) is 20.1 Å². The van der Waals surface area contributed by atoms with E-state index in [1.54, 1.807) is 12.4 Å². The smallest absolute Gasteiger partial charge is 0.162 e. The molecule has 0 saturated carbocycles. The molecule has 0 radical (unpaired) electrons. The number of aliphatic imine (C=N–C) groups is 1. The summed E-state index contributed by atoms with van der Waals surface area (Å²) in [5.41, 5.74) is 0.415. The van der Waals surface area contributed by atoms with E-state index in [0.717, 1.165) is 6.07 Å². The van der Waals surface area contributed by atoms with Gasteiger partial charge < -0.3 is 4.90 Å². The Morgan fingerprint density at radius 2 is 2.20 bits per heavy atom. The fraction of sp³-hybridized carbons (Fsp3) is 0.364. The summed E-state index contributed by atoms with van der Waals surface area (Å²) < 4.78 is 26.5. The molecule has 1 aromatic carbocycles. The highest BCUT2D eigenvalue weighted by Gasteiger charge is 2.20. The fourth-order valence-electron chi connectivity index (χ4n) is 1.80. The molecule has 1 atom stereocenters. The van der Waals surface area contributed by atoms with Gasteiger partial charge in [0.1, 0.15) is 0 Å². The van der Waals surface area contributed by atoms with Crippen LogP contribution >= 0.6 is 0 Å². The molecule has 0 aliphatic carbocycles. The van der Waals surface area contributed by atoms with Crippen molar-refractivity contribution in [3.8, 4) is 0 Å². The van der Waals surface area contributed by atoms with Crippen molar-refractivity contribution in [1.82, 2.24) is 4.90 Å². The molecule has 0 bridgehead atoms. The van der Waals surface area contributed by atoms with Crippen LogP contribution in [0.3, 0.4) is 0 Å². The molecule has 0 spiro atoms. The van der Waals surface area contributed by atoms with E-state index in [2.05, 4.69) is 4.99 Å². The zero-order valence-corrected chi connectivity index (χ0v) is 8.45. The largest absolute Gasteiger partial charge is 0.365 e. The molecule has 1 unspecified atom stereocenters. The standard InChI is InChI=1S/C11H12F2N2/c1-15-6-8(5-14-7-15)9-3-2-4-10(12)11(9)13/h2-4,7-8H,5-6H2,1H3. The molecular formula is C11H12F2N2. The number of rotatable bonds is 1. The Labute approximate surface area is 87.2 Å². The molecule has 15 heavy (non-hydrogen) atoms. The Hall–Kier alpha value is -1.45. The van der Waals surface area contributed by atoms with Gasteiger partial charge in [-0.1, -0.05) is 12.1 Å². The van der Waals surface area contributed by atoms with Gasteiger partial charge in [-0.3, -0.25) is 4.99 Å². The van der Waals surface area contributed by atoms with Gasteiger partial charge in [-0.15, -0.1) is 0 Å². The average molecular weight is 210 g/mol. The van der Waals surface area contributed by atoms with E-state index in [4.69, 9.17) is 0 Å². The molecule has 0 saturated heterocycles. The molecule has 0 fully saturated rings. The minimum Gasteiger partial charge on any atom is -0.365 e. The summed E-state index contributed by atoms with van der Waals surface area (Å²) in [7, 11) is 1.87. The summed E-state index contributed by atoms with van der Waals surface area (Å²) in [6, 6.07) is 4.29. The molecular weight excluding hydrogens is 198 g/mol. The molecule has 1 aliphatic heterocycles. The highest BCUT2D eigenvalue weighted by Crippen LogP contribution is 2.23. The molecule has 4 heteroatoms. The molecule has 2 nitrogen and oxygen atoms in total. The van der Waals surface area contributed by atoms with Gasteiger partial charge in [0.25, 0.3) is 0 Å². The van der Waals surface area contributed by atoms with Crippen LogP contribution in [0.15, 0.2) is 23.2 Å². The first-order valence-corrected chi connectivity index (χ1v) is 4.82. The molecule has 0 aromatic heterocycles. The van der Waals surface area contributed by atoms with Crippen molar-refractivity contribution in [3.63, 3.8) is 0 Å². The van der Waals surface area contributed by atoms with Crippen LogP contribution in [0.5, 0.6) is 0 Å². The zero-order chi connectivity index (χ0) is 10.8. The third kappa shape index (κ3) is 1.98. The summed E-state index contributed by atoms with van der Waals surface area (Å²) >= 11 is 0. The summed E-state index contributed by atoms with van der Waals surface area (Å²) in [5.74, 6) is -1.59. The van der Waals surface area contributed by atoms with E-state index in [0.29, 0.717) is 18.7 Å². The van der Waals surface area contributed by atoms with E-state index in [1.165, 1.54) is 6.07 Å². The Bertz CT molecular complexity index is 390. The predicted molar refractivity (Wildman–Crippen MR) is 55.1 cm³/mol. The van der Waals surface area contributed by atoms with Crippen LogP contribution in [-0.2, 0) is 0 Å². The maximum absolute atomic E-state index is 13.5. The van der Waals surface area contributed by atoms with Crippen LogP contribution in [0.4, 0.5) is 8.78 Å². The summed E-state index contributed by atoms with van der Waals surface area (Å²) in [5, 5.41) is 0. The Morgan fingerprint density at radius 1 is 1.40 bits per heavy atom. The lowest BCUT2D eigenvalue weighted by Gasteiger charge is -2.25. The Morgan fingerprint density at radius 3 is 2.93 bits per heavy atom. The first kappa shape index (κ1) is 10.1. The average Bonchev–Trinajstić information content (AvgIpc) is 2.22. The first-order valence-electron chi connectivity index (χ1n) is 4.82. The number of nitrogens with zero attached hydrogens (tertiary/aromatic N) is 2. The number of hydrogen-bond donors (Lipinski definition) is 0. The van der Waals surface area contributed by atoms with Gasteiger partial charge >= 0.3 is 0 Å². The van der Waals surface area contributed by atoms with Gasteiger partial charge in [0, 0.05) is 26.1 Å². The fourth-order valence-corrected chi connectivity index (χ4v) is 1.80. The van der Waals surface area contributed by atoms with Gasteiger partial charge in [0.05, 0.1) is 6.34 Å². The van der Waals surface area contributed by atoms with E-state index in [1.807, 2.05) is 11.9 Å². The van der Waals surface area contributed by atoms with Gasteiger partial charge in [0.15, 0.2) is 11.6 Å². The maximum atomic E-state index is 13.5. The third-order valence-electron chi connectivity index (χ3n) is 2.53. The second-order valence-electron chi connectivity index (χ2n) is 3.76. The summed E-state index contributed by atoms with van der Waals surface area (Å²) in [6.45, 7) is 1.19. The monoisotopic (exact) mass is 210 g/mol. The highest BCUT2D eigenvalue weighted by molar-refractivity contribution is 5.56. The lowest BCUT2D eigenvalue weighted by atomic mass is 9.97. The van der Waals surface area contributed by atoms with E-state index in [-0.39, 0.29) is 5.92 Å². The molecule has 2 rings (SSSR count). The lowest BCUT2D eigenvalue weighted by molar-refractivity contribution is 0.419. The summed E-state index contributed by atoms with van der Waals surface area (Å²) in [4.78, 5) is 5.97. The molecule has 0 N–H and O–H groups in total. The van der Waals surface area contributed by atoms with E-state index < -0.39 is 11.6 Å². The molecule has 1 aromatic rings. The quantitative estimate of drug-likeness (QED) is 0.692. The van der Waals surface area contributed by atoms with Gasteiger partial charge in [-0.25, -0.2) is 8.78 Å².